The number of nitriles is 1. The molecule has 0 unspecified atom stereocenters. The van der Waals surface area contributed by atoms with Crippen LogP contribution in [-0.2, 0) is 12.8 Å². The van der Waals surface area contributed by atoms with Crippen LogP contribution >= 0.6 is 11.3 Å². The quantitative estimate of drug-likeness (QED) is 0.526. The highest BCUT2D eigenvalue weighted by atomic mass is 32.1. The number of hydrogen-bond acceptors (Lipinski definition) is 6. The average Bonchev–Trinajstić information content (AvgIpc) is 3.52. The van der Waals surface area contributed by atoms with Gasteiger partial charge < -0.3 is 15.4 Å². The highest BCUT2D eigenvalue weighted by Gasteiger charge is 2.47. The first-order chi connectivity index (χ1) is 16.3. The number of carbonyl (C=O) groups is 1. The van der Waals surface area contributed by atoms with Gasteiger partial charge in [0.2, 0.25) is 0 Å². The van der Waals surface area contributed by atoms with Crippen LogP contribution in [0.4, 0.5) is 24.0 Å². The fourth-order valence-electron chi connectivity index (χ4n) is 4.56. The topological polar surface area (TPSA) is 92.0 Å². The van der Waals surface area contributed by atoms with Crippen LogP contribution in [0.2, 0.25) is 0 Å². The first kappa shape index (κ1) is 22.3. The summed E-state index contributed by atoms with van der Waals surface area (Å²) in [6.07, 6.45) is -1.08. The number of alkyl halides is 3. The van der Waals surface area contributed by atoms with E-state index in [-0.39, 0.29) is 17.8 Å². The summed E-state index contributed by atoms with van der Waals surface area (Å²) in [5.74, 6) is -0.0239. The Morgan fingerprint density at radius 2 is 2.09 bits per heavy atom. The molecule has 176 valence electrons. The normalized spacial score (nSPS) is 19.0. The maximum Gasteiger partial charge on any atom is 0.410 e. The van der Waals surface area contributed by atoms with Gasteiger partial charge in [-0.25, -0.2) is 4.68 Å². The lowest BCUT2D eigenvalue weighted by Gasteiger charge is -2.34. The van der Waals surface area contributed by atoms with Crippen molar-refractivity contribution in [2.45, 2.75) is 43.9 Å². The number of nitrogens with zero attached hydrogens (tertiary/aromatic N) is 3. The molecule has 2 atom stereocenters. The van der Waals surface area contributed by atoms with Gasteiger partial charge in [0.25, 0.3) is 5.91 Å². The number of aromatic nitrogens is 2. The van der Waals surface area contributed by atoms with E-state index in [0.717, 1.165) is 40.6 Å². The zero-order chi connectivity index (χ0) is 24.0. The molecule has 2 aliphatic rings. The molecular formula is C23H20F3N5O2S. The molecule has 1 amide bonds. The molecule has 3 heterocycles. The molecule has 1 aliphatic heterocycles. The third-order valence-electron chi connectivity index (χ3n) is 6.26. The van der Waals surface area contributed by atoms with E-state index in [2.05, 4.69) is 21.8 Å². The number of halogens is 3. The summed E-state index contributed by atoms with van der Waals surface area (Å²) in [7, 11) is 1.51. The van der Waals surface area contributed by atoms with Crippen LogP contribution in [0.1, 0.15) is 56.9 Å². The summed E-state index contributed by atoms with van der Waals surface area (Å²) < 4.78 is 47.8. The smallest absolute Gasteiger partial charge is 0.410 e. The maximum absolute atomic E-state index is 13.9. The van der Waals surface area contributed by atoms with E-state index in [1.165, 1.54) is 18.4 Å². The Labute approximate surface area is 197 Å². The van der Waals surface area contributed by atoms with Crippen LogP contribution in [0, 0.1) is 11.3 Å². The Morgan fingerprint density at radius 1 is 1.32 bits per heavy atom. The lowest BCUT2D eigenvalue weighted by Crippen LogP contribution is -2.36. The molecule has 0 spiro atoms. The highest BCUT2D eigenvalue weighted by molar-refractivity contribution is 7.16. The molecule has 11 heteroatoms. The average molecular weight is 488 g/mol. The van der Waals surface area contributed by atoms with E-state index in [4.69, 9.17) is 4.74 Å². The Morgan fingerprint density at radius 3 is 2.76 bits per heavy atom. The van der Waals surface area contributed by atoms with Crippen LogP contribution in [0.15, 0.2) is 30.5 Å². The number of amides is 1. The predicted octanol–water partition coefficient (Wildman–Crippen LogP) is 5.23. The Bertz CT molecular complexity index is 1290. The number of rotatable bonds is 4. The van der Waals surface area contributed by atoms with Gasteiger partial charge in [-0.1, -0.05) is 12.1 Å². The fourth-order valence-corrected chi connectivity index (χ4v) is 5.80. The Kier molecular flexibility index (Phi) is 5.48. The molecule has 0 saturated carbocycles. The molecule has 2 N–H and O–H groups in total. The van der Waals surface area contributed by atoms with Gasteiger partial charge in [0.15, 0.2) is 6.04 Å². The number of thiophene rings is 1. The largest absolute Gasteiger partial charge is 0.497 e. The Hall–Kier alpha value is -3.52. The maximum atomic E-state index is 13.9. The van der Waals surface area contributed by atoms with Crippen molar-refractivity contribution in [3.8, 4) is 11.8 Å². The van der Waals surface area contributed by atoms with Crippen LogP contribution in [0.25, 0.3) is 0 Å². The fraction of sp³-hybridized carbons (Fsp3) is 0.348. The summed E-state index contributed by atoms with van der Waals surface area (Å²) >= 11 is 1.35. The number of aryl methyl sites for hydroxylation is 1. The molecule has 5 rings (SSSR count). The van der Waals surface area contributed by atoms with Crippen molar-refractivity contribution in [1.82, 2.24) is 9.78 Å². The van der Waals surface area contributed by atoms with Crippen LogP contribution in [0.3, 0.4) is 0 Å². The standard InChI is InChI=1S/C23H20F3N5O2S/c1-33-13-7-5-12(6-8-13)17-9-19(23(24,25)26)31-20(29-17)16(11-28-31)21(32)30-22-15(10-27)14-3-2-4-18(14)34-22/h5-8,11,17,19,29H,2-4,9H2,1H3,(H,30,32)/t17-,19+/m0/s1. The highest BCUT2D eigenvalue weighted by Crippen LogP contribution is 2.45. The van der Waals surface area contributed by atoms with Gasteiger partial charge >= 0.3 is 6.18 Å². The van der Waals surface area contributed by atoms with Crippen molar-refractivity contribution < 1.29 is 22.7 Å². The number of methoxy groups -OCH3 is 1. The van der Waals surface area contributed by atoms with Crippen LogP contribution in [0.5, 0.6) is 5.75 Å². The van der Waals surface area contributed by atoms with Gasteiger partial charge in [-0.2, -0.15) is 23.5 Å². The molecular weight excluding hydrogens is 467 g/mol. The number of hydrogen-bond donors (Lipinski definition) is 2. The van der Waals surface area contributed by atoms with E-state index in [1.54, 1.807) is 24.3 Å². The second-order valence-corrected chi connectivity index (χ2v) is 9.35. The Balaban J connectivity index is 1.48. The summed E-state index contributed by atoms with van der Waals surface area (Å²) in [4.78, 5) is 14.2. The van der Waals surface area contributed by atoms with Crippen molar-refractivity contribution in [2.75, 3.05) is 17.7 Å². The minimum Gasteiger partial charge on any atom is -0.497 e. The zero-order valence-electron chi connectivity index (χ0n) is 18.1. The molecule has 7 nitrogen and oxygen atoms in total. The van der Waals surface area contributed by atoms with Crippen molar-refractivity contribution in [3.63, 3.8) is 0 Å². The first-order valence-corrected chi connectivity index (χ1v) is 11.5. The number of anilines is 2. The molecule has 2 aromatic heterocycles. The lowest BCUT2D eigenvalue weighted by molar-refractivity contribution is -0.173. The van der Waals surface area contributed by atoms with E-state index in [9.17, 15) is 23.2 Å². The molecule has 0 radical (unpaired) electrons. The summed E-state index contributed by atoms with van der Waals surface area (Å²) in [6, 6.07) is 6.33. The number of benzene rings is 1. The third kappa shape index (κ3) is 3.77. The van der Waals surface area contributed by atoms with Crippen LogP contribution in [-0.4, -0.2) is 29.0 Å². The molecule has 0 bridgehead atoms. The van der Waals surface area contributed by atoms with Gasteiger partial charge in [0.1, 0.15) is 28.2 Å². The molecule has 1 aromatic carbocycles. The second kappa shape index (κ2) is 8.36. The molecule has 34 heavy (non-hydrogen) atoms. The van der Waals surface area contributed by atoms with Crippen molar-refractivity contribution in [1.29, 1.82) is 5.26 Å². The van der Waals surface area contributed by atoms with Gasteiger partial charge in [-0.05, 0) is 42.5 Å². The summed E-state index contributed by atoms with van der Waals surface area (Å²) in [5, 5.41) is 19.7. The molecule has 0 fully saturated rings. The van der Waals surface area contributed by atoms with Crippen molar-refractivity contribution >= 4 is 28.1 Å². The minimum atomic E-state index is -4.55. The van der Waals surface area contributed by atoms with E-state index in [0.29, 0.717) is 21.9 Å². The van der Waals surface area contributed by atoms with E-state index >= 15 is 0 Å². The number of fused-ring (bicyclic) bond motifs is 2. The number of ether oxygens (including phenoxy) is 1. The number of carbonyl (C=O) groups excluding carboxylic acids is 1. The lowest BCUT2D eigenvalue weighted by atomic mass is 9.96. The SMILES string of the molecule is COc1ccc([C@@H]2C[C@H](C(F)(F)F)n3ncc(C(=O)Nc4sc5c(c4C#N)CCC5)c3N2)cc1. The van der Waals surface area contributed by atoms with Gasteiger partial charge in [-0.15, -0.1) is 11.3 Å². The monoisotopic (exact) mass is 487 g/mol. The van der Waals surface area contributed by atoms with E-state index < -0.39 is 24.2 Å². The van der Waals surface area contributed by atoms with Crippen molar-refractivity contribution in [2.24, 2.45) is 0 Å². The molecule has 3 aromatic rings. The second-order valence-electron chi connectivity index (χ2n) is 8.24. The molecule has 0 saturated heterocycles. The minimum absolute atomic E-state index is 0.00509. The predicted molar refractivity (Wildman–Crippen MR) is 120 cm³/mol. The summed E-state index contributed by atoms with van der Waals surface area (Å²) in [5.41, 5.74) is 2.01. The molecule has 1 aliphatic carbocycles. The number of nitrogens with one attached hydrogen (secondary N) is 2. The zero-order valence-corrected chi connectivity index (χ0v) is 18.9. The first-order valence-electron chi connectivity index (χ1n) is 10.7. The van der Waals surface area contributed by atoms with Gasteiger partial charge in [-0.3, -0.25) is 4.79 Å². The summed E-state index contributed by atoms with van der Waals surface area (Å²) in [6.45, 7) is 0. The van der Waals surface area contributed by atoms with Gasteiger partial charge in [0.05, 0.1) is 24.9 Å². The third-order valence-corrected chi connectivity index (χ3v) is 7.47. The van der Waals surface area contributed by atoms with E-state index in [1.807, 2.05) is 0 Å². The van der Waals surface area contributed by atoms with Crippen LogP contribution < -0.4 is 15.4 Å². The van der Waals surface area contributed by atoms with Crippen molar-refractivity contribution in [3.05, 3.63) is 57.6 Å². The van der Waals surface area contributed by atoms with Gasteiger partial charge in [0, 0.05) is 11.3 Å².